The van der Waals surface area contributed by atoms with Crippen LogP contribution in [0.4, 0.5) is 11.5 Å². The van der Waals surface area contributed by atoms with Crippen molar-refractivity contribution >= 4 is 23.2 Å². The van der Waals surface area contributed by atoms with E-state index >= 15 is 0 Å². The second kappa shape index (κ2) is 7.57. The third kappa shape index (κ3) is 3.19. The number of nitrogens with two attached hydrogens (primary N) is 2. The molecule has 0 atom stereocenters. The number of hydrogen-bond donors (Lipinski definition) is 2. The number of hydrogen-bond acceptors (Lipinski definition) is 8. The van der Waals surface area contributed by atoms with Gasteiger partial charge < -0.3 is 20.9 Å². The second-order valence-electron chi connectivity index (χ2n) is 5.02. The molecule has 4 N–H and O–H groups in total. The van der Waals surface area contributed by atoms with E-state index in [0.717, 1.165) is 0 Å². The van der Waals surface area contributed by atoms with Crippen LogP contribution in [-0.4, -0.2) is 19.2 Å². The summed E-state index contributed by atoms with van der Waals surface area (Å²) in [6.07, 6.45) is 1.51. The zero-order valence-corrected chi connectivity index (χ0v) is 14.1. The monoisotopic (exact) mass is 346 g/mol. The molecule has 0 bridgehead atoms. The summed E-state index contributed by atoms with van der Waals surface area (Å²) in [5.74, 6) is 0.865. The van der Waals surface area contributed by atoms with E-state index in [1.54, 1.807) is 24.3 Å². The normalized spacial score (nSPS) is 10.3. The molecule has 0 aliphatic heterocycles. The van der Waals surface area contributed by atoms with Crippen LogP contribution in [0.3, 0.4) is 0 Å². The first-order valence-corrected chi connectivity index (χ1v) is 7.24. The van der Waals surface area contributed by atoms with E-state index in [1.165, 1.54) is 20.3 Å². The van der Waals surface area contributed by atoms with E-state index < -0.39 is 0 Å². The molecule has 1 heterocycles. The maximum Gasteiger partial charge on any atom is 0.161 e. The summed E-state index contributed by atoms with van der Waals surface area (Å²) in [6, 6.07) is 10.7. The number of methoxy groups -OCH3 is 2. The molecule has 0 radical (unpaired) electrons. The van der Waals surface area contributed by atoms with Crippen molar-refractivity contribution < 1.29 is 9.47 Å². The molecule has 0 aliphatic carbocycles. The van der Waals surface area contributed by atoms with E-state index in [0.29, 0.717) is 17.1 Å². The van der Waals surface area contributed by atoms with Gasteiger partial charge in [-0.2, -0.15) is 15.8 Å². The third-order valence-electron chi connectivity index (χ3n) is 3.58. The first-order chi connectivity index (χ1) is 12.5. The fourth-order valence-corrected chi connectivity index (χ4v) is 2.31. The highest BCUT2D eigenvalue weighted by atomic mass is 16.5. The van der Waals surface area contributed by atoms with Crippen molar-refractivity contribution in [2.24, 2.45) is 0 Å². The van der Waals surface area contributed by atoms with Crippen LogP contribution >= 0.6 is 0 Å². The molecule has 0 amide bonds. The first-order valence-electron chi connectivity index (χ1n) is 7.24. The van der Waals surface area contributed by atoms with Crippen LogP contribution in [0.15, 0.2) is 18.2 Å². The van der Waals surface area contributed by atoms with Crippen molar-refractivity contribution in [1.29, 1.82) is 15.8 Å². The Morgan fingerprint density at radius 3 is 2.23 bits per heavy atom. The van der Waals surface area contributed by atoms with E-state index in [4.69, 9.17) is 26.2 Å². The van der Waals surface area contributed by atoms with E-state index in [1.807, 2.05) is 12.1 Å². The molecule has 1 aromatic carbocycles. The molecular weight excluding hydrogens is 332 g/mol. The SMILES string of the molecule is COc1ccc(C=C(C#N)c2nc(N)c(C#N)c(N)c2C#N)cc1OC. The van der Waals surface area contributed by atoms with Crippen LogP contribution in [-0.2, 0) is 0 Å². The Morgan fingerprint density at radius 2 is 1.69 bits per heavy atom. The van der Waals surface area contributed by atoms with Gasteiger partial charge in [0, 0.05) is 0 Å². The van der Waals surface area contributed by atoms with Crippen LogP contribution in [0.1, 0.15) is 22.4 Å². The molecule has 8 nitrogen and oxygen atoms in total. The van der Waals surface area contributed by atoms with Crippen molar-refractivity contribution in [3.8, 4) is 29.7 Å². The minimum absolute atomic E-state index is 0.0128. The quantitative estimate of drug-likeness (QED) is 0.797. The zero-order valence-electron chi connectivity index (χ0n) is 14.1. The van der Waals surface area contributed by atoms with Gasteiger partial charge in [0.1, 0.15) is 40.8 Å². The van der Waals surface area contributed by atoms with Crippen LogP contribution < -0.4 is 20.9 Å². The standard InChI is InChI=1S/C18H14N6O2/c1-25-14-4-3-10(6-15(14)26-2)5-11(7-19)17-12(8-20)16(22)13(9-21)18(23)24-17/h3-6H,1-2H3,(H4,22,23,24). The molecule has 26 heavy (non-hydrogen) atoms. The van der Waals surface area contributed by atoms with Gasteiger partial charge in [-0.05, 0) is 23.8 Å². The van der Waals surface area contributed by atoms with Crippen molar-refractivity contribution in [2.75, 3.05) is 25.7 Å². The Balaban J connectivity index is 2.67. The molecule has 0 unspecified atom stereocenters. The number of nitrogen functional groups attached to an aromatic ring is 2. The van der Waals surface area contributed by atoms with Gasteiger partial charge >= 0.3 is 0 Å². The summed E-state index contributed by atoms with van der Waals surface area (Å²) in [6.45, 7) is 0. The number of ether oxygens (including phenoxy) is 2. The maximum absolute atomic E-state index is 9.53. The maximum atomic E-state index is 9.53. The smallest absolute Gasteiger partial charge is 0.161 e. The lowest BCUT2D eigenvalue weighted by molar-refractivity contribution is 0.355. The number of nitrogens with zero attached hydrogens (tertiary/aromatic N) is 4. The summed E-state index contributed by atoms with van der Waals surface area (Å²) < 4.78 is 10.4. The number of rotatable bonds is 4. The summed E-state index contributed by atoms with van der Waals surface area (Å²) in [5, 5.41) is 28.0. The lowest BCUT2D eigenvalue weighted by atomic mass is 10.0. The number of benzene rings is 1. The van der Waals surface area contributed by atoms with Gasteiger partial charge in [0.15, 0.2) is 11.5 Å². The van der Waals surface area contributed by atoms with Gasteiger partial charge in [0.05, 0.1) is 25.5 Å². The minimum Gasteiger partial charge on any atom is -0.493 e. The van der Waals surface area contributed by atoms with Crippen molar-refractivity contribution in [1.82, 2.24) is 4.98 Å². The zero-order chi connectivity index (χ0) is 19.3. The topological polar surface area (TPSA) is 155 Å². The van der Waals surface area contributed by atoms with Crippen molar-refractivity contribution in [2.45, 2.75) is 0 Å². The lowest BCUT2D eigenvalue weighted by Gasteiger charge is -2.10. The molecule has 0 saturated carbocycles. The van der Waals surface area contributed by atoms with Gasteiger partial charge in [-0.25, -0.2) is 4.98 Å². The largest absolute Gasteiger partial charge is 0.493 e. The highest BCUT2D eigenvalue weighted by molar-refractivity contribution is 5.93. The number of aromatic nitrogens is 1. The molecule has 8 heteroatoms. The summed E-state index contributed by atoms with van der Waals surface area (Å²) in [7, 11) is 3.01. The van der Waals surface area contributed by atoms with Gasteiger partial charge in [-0.15, -0.1) is 0 Å². The Morgan fingerprint density at radius 1 is 1.04 bits per heavy atom. The number of nitriles is 3. The average Bonchev–Trinajstić information content (AvgIpc) is 2.65. The molecule has 2 rings (SSSR count). The molecule has 0 fully saturated rings. The molecule has 2 aromatic rings. The molecule has 0 spiro atoms. The lowest BCUT2D eigenvalue weighted by Crippen LogP contribution is -2.07. The molecular formula is C18H14N6O2. The Hall–Kier alpha value is -4.22. The van der Waals surface area contributed by atoms with Crippen LogP contribution in [0.5, 0.6) is 11.5 Å². The van der Waals surface area contributed by atoms with E-state index in [9.17, 15) is 10.5 Å². The number of pyridine rings is 1. The van der Waals surface area contributed by atoms with Crippen LogP contribution in [0.2, 0.25) is 0 Å². The highest BCUT2D eigenvalue weighted by Crippen LogP contribution is 2.31. The fourth-order valence-electron chi connectivity index (χ4n) is 2.31. The minimum atomic E-state index is -0.146. The third-order valence-corrected chi connectivity index (χ3v) is 3.58. The first kappa shape index (κ1) is 18.1. The Kier molecular flexibility index (Phi) is 5.27. The summed E-state index contributed by atoms with van der Waals surface area (Å²) in [5.41, 5.74) is 12.0. The molecule has 128 valence electrons. The molecule has 0 saturated heterocycles. The van der Waals surface area contributed by atoms with E-state index in [2.05, 4.69) is 4.98 Å². The Labute approximate surface area is 150 Å². The van der Waals surface area contributed by atoms with Crippen molar-refractivity contribution in [3.63, 3.8) is 0 Å². The van der Waals surface area contributed by atoms with E-state index in [-0.39, 0.29) is 33.9 Å². The predicted molar refractivity (Wildman–Crippen MR) is 95.5 cm³/mol. The highest BCUT2D eigenvalue weighted by Gasteiger charge is 2.19. The van der Waals surface area contributed by atoms with Gasteiger partial charge in [0.25, 0.3) is 0 Å². The average molecular weight is 346 g/mol. The van der Waals surface area contributed by atoms with Gasteiger partial charge in [-0.1, -0.05) is 6.07 Å². The van der Waals surface area contributed by atoms with Gasteiger partial charge in [-0.3, -0.25) is 0 Å². The Bertz CT molecular complexity index is 1020. The summed E-state index contributed by atoms with van der Waals surface area (Å²) in [4.78, 5) is 4.03. The van der Waals surface area contributed by atoms with Crippen molar-refractivity contribution in [3.05, 3.63) is 40.6 Å². The molecule has 0 aliphatic rings. The van der Waals surface area contributed by atoms with Crippen LogP contribution in [0, 0.1) is 34.0 Å². The van der Waals surface area contributed by atoms with Gasteiger partial charge in [0.2, 0.25) is 0 Å². The fraction of sp³-hybridized carbons (Fsp3) is 0.111. The number of anilines is 2. The predicted octanol–water partition coefficient (Wildman–Crippen LogP) is 2.07. The van der Waals surface area contributed by atoms with Crippen LogP contribution in [0.25, 0.3) is 11.6 Å². The number of allylic oxidation sites excluding steroid dienone is 1. The summed E-state index contributed by atoms with van der Waals surface area (Å²) >= 11 is 0. The second-order valence-corrected chi connectivity index (χ2v) is 5.02. The molecule has 1 aromatic heterocycles.